The van der Waals surface area contributed by atoms with Crippen molar-refractivity contribution in [1.82, 2.24) is 19.8 Å². The number of nitrogens with one attached hydrogen (secondary N) is 1. The third-order valence-electron chi connectivity index (χ3n) is 7.31. The van der Waals surface area contributed by atoms with E-state index in [9.17, 15) is 14.0 Å². The lowest BCUT2D eigenvalue weighted by molar-refractivity contribution is 0.00637. The molecular formula is C27H27FN4O4. The van der Waals surface area contributed by atoms with Crippen LogP contribution in [-0.2, 0) is 0 Å². The van der Waals surface area contributed by atoms with E-state index in [1.54, 1.807) is 49.0 Å². The number of carbonyl (C=O) groups is 2. The van der Waals surface area contributed by atoms with Crippen LogP contribution in [0.5, 0.6) is 11.5 Å². The van der Waals surface area contributed by atoms with Crippen LogP contribution in [0.25, 0.3) is 16.5 Å². The molecule has 1 aliphatic carbocycles. The molecule has 2 fully saturated rings. The lowest BCUT2D eigenvalue weighted by Gasteiger charge is -2.41. The van der Waals surface area contributed by atoms with Gasteiger partial charge in [0.1, 0.15) is 28.8 Å². The second-order valence-corrected chi connectivity index (χ2v) is 9.82. The first-order chi connectivity index (χ1) is 17.3. The molecule has 4 aromatic rings. The Morgan fingerprint density at radius 3 is 2.78 bits per heavy atom. The largest absolute Gasteiger partial charge is 0.460 e. The number of carbonyl (C=O) groups excluding carboxylic acids is 2. The highest BCUT2D eigenvalue weighted by Crippen LogP contribution is 2.35. The summed E-state index contributed by atoms with van der Waals surface area (Å²) in [6, 6.07) is 6.66. The zero-order valence-corrected chi connectivity index (χ0v) is 20.4. The van der Waals surface area contributed by atoms with Gasteiger partial charge in [-0.1, -0.05) is 0 Å². The van der Waals surface area contributed by atoms with Crippen molar-refractivity contribution in [3.63, 3.8) is 0 Å². The molecule has 0 bridgehead atoms. The number of ether oxygens (including phenoxy) is 1. The van der Waals surface area contributed by atoms with E-state index < -0.39 is 12.2 Å². The Labute approximate surface area is 207 Å². The number of rotatable bonds is 6. The molecule has 4 heterocycles. The maximum absolute atomic E-state index is 13.6. The Morgan fingerprint density at radius 2 is 2.06 bits per heavy atom. The molecule has 2 amide bonds. The first kappa shape index (κ1) is 22.6. The van der Waals surface area contributed by atoms with Crippen LogP contribution >= 0.6 is 0 Å². The lowest BCUT2D eigenvalue weighted by atomic mass is 10.0. The van der Waals surface area contributed by atoms with Crippen molar-refractivity contribution in [3.05, 3.63) is 59.1 Å². The summed E-state index contributed by atoms with van der Waals surface area (Å²) in [7, 11) is 0. The van der Waals surface area contributed by atoms with E-state index in [1.807, 2.05) is 13.0 Å². The van der Waals surface area contributed by atoms with Crippen LogP contribution in [0.4, 0.5) is 4.39 Å². The first-order valence-electron chi connectivity index (χ1n) is 12.2. The fourth-order valence-electron chi connectivity index (χ4n) is 4.83. The third-order valence-corrected chi connectivity index (χ3v) is 7.31. The fourth-order valence-corrected chi connectivity index (χ4v) is 4.83. The van der Waals surface area contributed by atoms with Gasteiger partial charge in [0, 0.05) is 30.3 Å². The van der Waals surface area contributed by atoms with Crippen molar-refractivity contribution >= 4 is 28.3 Å². The molecule has 36 heavy (non-hydrogen) atoms. The number of furan rings is 1. The molecule has 1 N–H and O–H groups in total. The van der Waals surface area contributed by atoms with E-state index in [4.69, 9.17) is 9.15 Å². The highest BCUT2D eigenvalue weighted by atomic mass is 19.1. The number of fused-ring (bicyclic) bond motifs is 2. The van der Waals surface area contributed by atoms with Gasteiger partial charge in [0.2, 0.25) is 0 Å². The number of hydrogen-bond donors (Lipinski definition) is 1. The lowest BCUT2D eigenvalue weighted by Crippen LogP contribution is -2.58. The third kappa shape index (κ3) is 3.70. The minimum Gasteiger partial charge on any atom is -0.460 e. The van der Waals surface area contributed by atoms with E-state index in [-0.39, 0.29) is 18.4 Å². The molecule has 2 atom stereocenters. The summed E-state index contributed by atoms with van der Waals surface area (Å²) < 4.78 is 27.3. The quantitative estimate of drug-likeness (QED) is 0.419. The van der Waals surface area contributed by atoms with Crippen molar-refractivity contribution in [3.8, 4) is 11.5 Å². The van der Waals surface area contributed by atoms with Crippen LogP contribution in [0.3, 0.4) is 0 Å². The predicted molar refractivity (Wildman–Crippen MR) is 131 cm³/mol. The summed E-state index contributed by atoms with van der Waals surface area (Å²) in [5.41, 5.74) is 2.94. The number of likely N-dealkylation sites (tertiary alicyclic amines) is 1. The number of halogens is 1. The molecule has 1 saturated heterocycles. The number of aromatic nitrogens is 2. The zero-order valence-electron chi connectivity index (χ0n) is 20.4. The number of aryl methyl sites for hydroxylation is 2. The van der Waals surface area contributed by atoms with Crippen LogP contribution in [0, 0.1) is 19.8 Å². The maximum atomic E-state index is 13.6. The molecule has 186 valence electrons. The van der Waals surface area contributed by atoms with E-state index in [0.717, 1.165) is 5.39 Å². The molecule has 1 aromatic carbocycles. The van der Waals surface area contributed by atoms with Crippen LogP contribution in [0.1, 0.15) is 51.8 Å². The Bertz CT molecular complexity index is 1520. The average Bonchev–Trinajstić information content (AvgIpc) is 3.55. The van der Waals surface area contributed by atoms with Crippen LogP contribution in [-0.4, -0.2) is 51.6 Å². The van der Waals surface area contributed by atoms with Gasteiger partial charge in [-0.25, -0.2) is 8.91 Å². The molecule has 2 aliphatic rings. The number of alkyl halides is 1. The molecule has 6 rings (SSSR count). The van der Waals surface area contributed by atoms with Gasteiger partial charge in [0.15, 0.2) is 5.75 Å². The molecule has 9 heteroatoms. The van der Waals surface area contributed by atoms with Gasteiger partial charge < -0.3 is 19.4 Å². The van der Waals surface area contributed by atoms with E-state index >= 15 is 0 Å². The number of benzene rings is 1. The standard InChI is InChI=1S/C27H27FN4O4/c1-14-20(27(34)31-13-21(28)15(31)2)12-32-25(14)22(8-9-30-32)36-18-6-7-19-23(10-18)35-16(3)24(19)26(33)29-11-17-4-5-17/h6-10,12,15,17,21H,4-5,11,13H2,1-3H3,(H,29,33)/t15-,21+/m0/s1. The summed E-state index contributed by atoms with van der Waals surface area (Å²) in [6.45, 7) is 6.12. The normalized spacial score (nSPS) is 19.5. The van der Waals surface area contributed by atoms with E-state index in [1.165, 1.54) is 17.7 Å². The second-order valence-electron chi connectivity index (χ2n) is 9.82. The SMILES string of the molecule is Cc1oc2cc(Oc3ccnn4cc(C(=O)N5C[C@@H](F)[C@@H]5C)c(C)c34)ccc2c1C(=O)NCC1CC1. The summed E-state index contributed by atoms with van der Waals surface area (Å²) >= 11 is 0. The van der Waals surface area contributed by atoms with Gasteiger partial charge in [-0.05, 0) is 57.2 Å². The first-order valence-corrected chi connectivity index (χ1v) is 12.2. The van der Waals surface area contributed by atoms with Crippen molar-refractivity contribution in [2.24, 2.45) is 5.92 Å². The molecule has 0 unspecified atom stereocenters. The van der Waals surface area contributed by atoms with E-state index in [2.05, 4.69) is 10.4 Å². The smallest absolute Gasteiger partial charge is 0.256 e. The van der Waals surface area contributed by atoms with Gasteiger partial charge in [-0.3, -0.25) is 9.59 Å². The average molecular weight is 491 g/mol. The summed E-state index contributed by atoms with van der Waals surface area (Å²) in [4.78, 5) is 27.3. The summed E-state index contributed by atoms with van der Waals surface area (Å²) in [6.07, 6.45) is 4.59. The molecule has 1 aliphatic heterocycles. The number of nitrogens with zero attached hydrogens (tertiary/aromatic N) is 3. The molecular weight excluding hydrogens is 463 g/mol. The van der Waals surface area contributed by atoms with Crippen molar-refractivity contribution in [1.29, 1.82) is 0 Å². The summed E-state index contributed by atoms with van der Waals surface area (Å²) in [5.74, 6) is 1.85. The van der Waals surface area contributed by atoms with Crippen molar-refractivity contribution in [2.75, 3.05) is 13.1 Å². The predicted octanol–water partition coefficient (Wildman–Crippen LogP) is 4.81. The van der Waals surface area contributed by atoms with Gasteiger partial charge in [-0.15, -0.1) is 0 Å². The van der Waals surface area contributed by atoms with E-state index in [0.29, 0.717) is 57.5 Å². The van der Waals surface area contributed by atoms with Gasteiger partial charge in [0.25, 0.3) is 11.8 Å². The van der Waals surface area contributed by atoms with Crippen LogP contribution in [0.2, 0.25) is 0 Å². The van der Waals surface area contributed by atoms with Crippen molar-refractivity contribution < 1.29 is 23.1 Å². The van der Waals surface area contributed by atoms with Crippen LogP contribution < -0.4 is 10.1 Å². The topological polar surface area (TPSA) is 89.1 Å². The summed E-state index contributed by atoms with van der Waals surface area (Å²) in [5, 5.41) is 8.06. The Hall–Kier alpha value is -3.88. The zero-order chi connectivity index (χ0) is 25.1. The minimum absolute atomic E-state index is 0.103. The molecule has 8 nitrogen and oxygen atoms in total. The molecule has 1 saturated carbocycles. The van der Waals surface area contributed by atoms with Gasteiger partial charge in [0.05, 0.1) is 29.9 Å². The maximum Gasteiger partial charge on any atom is 0.256 e. The van der Waals surface area contributed by atoms with Gasteiger partial charge >= 0.3 is 0 Å². The fraction of sp³-hybridized carbons (Fsp3) is 0.370. The van der Waals surface area contributed by atoms with Crippen LogP contribution in [0.15, 0.2) is 41.1 Å². The van der Waals surface area contributed by atoms with Crippen molar-refractivity contribution in [2.45, 2.75) is 45.8 Å². The Morgan fingerprint density at radius 1 is 1.25 bits per heavy atom. The highest BCUT2D eigenvalue weighted by molar-refractivity contribution is 6.07. The minimum atomic E-state index is -0.992. The number of hydrogen-bond acceptors (Lipinski definition) is 5. The highest BCUT2D eigenvalue weighted by Gasteiger charge is 2.40. The monoisotopic (exact) mass is 490 g/mol. The number of amides is 2. The molecule has 0 spiro atoms. The Balaban J connectivity index is 1.29. The van der Waals surface area contributed by atoms with Gasteiger partial charge in [-0.2, -0.15) is 5.10 Å². The Kier molecular flexibility index (Phi) is 5.24. The second kappa shape index (κ2) is 8.36. The molecule has 3 aromatic heterocycles. The molecule has 0 radical (unpaired) electrons.